The number of benzene rings is 1. The molecule has 0 saturated carbocycles. The van der Waals surface area contributed by atoms with Crippen molar-refractivity contribution in [1.82, 2.24) is 9.80 Å². The Morgan fingerprint density at radius 3 is 2.29 bits per heavy atom. The van der Waals surface area contributed by atoms with Crippen molar-refractivity contribution in [2.75, 3.05) is 40.4 Å². The Kier molecular flexibility index (Phi) is 7.85. The largest absolute Gasteiger partial charge is 0.493 e. The minimum atomic E-state index is -0.307. The number of hydrogen-bond donors (Lipinski definition) is 0. The number of methoxy groups -OCH3 is 1. The standard InChI is InChI=1S/C17H25ClN2O4/c1-6-20(7-2)15(21)11-19(4)17(22)12-9-13(18)16(24-8-3)14(10-12)23-5/h9-10H,6-8,11H2,1-5H3. The molecule has 0 heterocycles. The van der Waals surface area contributed by atoms with E-state index in [4.69, 9.17) is 21.1 Å². The second-order valence-corrected chi connectivity index (χ2v) is 5.56. The molecule has 1 rings (SSSR count). The van der Waals surface area contributed by atoms with Gasteiger partial charge in [0.15, 0.2) is 11.5 Å². The second kappa shape index (κ2) is 9.37. The topological polar surface area (TPSA) is 59.1 Å². The van der Waals surface area contributed by atoms with Crippen LogP contribution in [0.4, 0.5) is 0 Å². The van der Waals surface area contributed by atoms with Crippen molar-refractivity contribution in [2.45, 2.75) is 20.8 Å². The van der Waals surface area contributed by atoms with E-state index in [-0.39, 0.29) is 18.4 Å². The lowest BCUT2D eigenvalue weighted by Gasteiger charge is -2.23. The van der Waals surface area contributed by atoms with E-state index < -0.39 is 0 Å². The number of halogens is 1. The first-order valence-corrected chi connectivity index (χ1v) is 8.30. The summed E-state index contributed by atoms with van der Waals surface area (Å²) in [5.41, 5.74) is 0.343. The third-order valence-corrected chi connectivity index (χ3v) is 3.88. The first kappa shape index (κ1) is 20.1. The quantitative estimate of drug-likeness (QED) is 0.718. The van der Waals surface area contributed by atoms with Gasteiger partial charge in [0.1, 0.15) is 0 Å². The fourth-order valence-electron chi connectivity index (χ4n) is 2.30. The number of amides is 2. The van der Waals surface area contributed by atoms with E-state index in [0.29, 0.717) is 41.8 Å². The Morgan fingerprint density at radius 2 is 1.79 bits per heavy atom. The number of likely N-dealkylation sites (N-methyl/N-ethyl adjacent to an activating group) is 2. The van der Waals surface area contributed by atoms with Crippen molar-refractivity contribution < 1.29 is 19.1 Å². The first-order chi connectivity index (χ1) is 11.4. The summed E-state index contributed by atoms with van der Waals surface area (Å²) < 4.78 is 10.7. The molecule has 0 aliphatic heterocycles. The highest BCUT2D eigenvalue weighted by Crippen LogP contribution is 2.36. The van der Waals surface area contributed by atoms with Crippen LogP contribution in [0.15, 0.2) is 12.1 Å². The molecule has 0 bridgehead atoms. The molecule has 1 aromatic carbocycles. The summed E-state index contributed by atoms with van der Waals surface area (Å²) in [6, 6.07) is 3.09. The Morgan fingerprint density at radius 1 is 1.17 bits per heavy atom. The zero-order chi connectivity index (χ0) is 18.3. The van der Waals surface area contributed by atoms with Crippen LogP contribution in [0.25, 0.3) is 0 Å². The highest BCUT2D eigenvalue weighted by molar-refractivity contribution is 6.32. The van der Waals surface area contributed by atoms with Gasteiger partial charge in [-0.15, -0.1) is 0 Å². The third-order valence-electron chi connectivity index (χ3n) is 3.60. The number of carbonyl (C=O) groups is 2. The Labute approximate surface area is 148 Å². The van der Waals surface area contributed by atoms with E-state index >= 15 is 0 Å². The first-order valence-electron chi connectivity index (χ1n) is 7.93. The zero-order valence-electron chi connectivity index (χ0n) is 14.9. The van der Waals surface area contributed by atoms with Gasteiger partial charge in [0.2, 0.25) is 5.91 Å². The van der Waals surface area contributed by atoms with E-state index in [0.717, 1.165) is 0 Å². The molecule has 0 aliphatic rings. The maximum atomic E-state index is 12.6. The molecule has 0 N–H and O–H groups in total. The smallest absolute Gasteiger partial charge is 0.254 e. The van der Waals surface area contributed by atoms with Gasteiger partial charge in [-0.25, -0.2) is 0 Å². The monoisotopic (exact) mass is 356 g/mol. The van der Waals surface area contributed by atoms with Crippen LogP contribution in [0.1, 0.15) is 31.1 Å². The van der Waals surface area contributed by atoms with Gasteiger partial charge in [-0.1, -0.05) is 11.6 Å². The minimum Gasteiger partial charge on any atom is -0.493 e. The van der Waals surface area contributed by atoms with Gasteiger partial charge < -0.3 is 19.3 Å². The van der Waals surface area contributed by atoms with Crippen molar-refractivity contribution >= 4 is 23.4 Å². The van der Waals surface area contributed by atoms with Crippen LogP contribution in [0.2, 0.25) is 5.02 Å². The van der Waals surface area contributed by atoms with Crippen LogP contribution in [0.3, 0.4) is 0 Å². The number of hydrogen-bond acceptors (Lipinski definition) is 4. The summed E-state index contributed by atoms with van der Waals surface area (Å²) in [7, 11) is 3.07. The van der Waals surface area contributed by atoms with Gasteiger partial charge in [0, 0.05) is 25.7 Å². The van der Waals surface area contributed by atoms with E-state index in [1.54, 1.807) is 18.0 Å². The molecule has 1 aromatic rings. The highest BCUT2D eigenvalue weighted by Gasteiger charge is 2.21. The van der Waals surface area contributed by atoms with Gasteiger partial charge in [-0.3, -0.25) is 9.59 Å². The lowest BCUT2D eigenvalue weighted by Crippen LogP contribution is -2.41. The van der Waals surface area contributed by atoms with Gasteiger partial charge in [-0.05, 0) is 32.9 Å². The molecule has 6 nitrogen and oxygen atoms in total. The molecule has 7 heteroatoms. The van der Waals surface area contributed by atoms with E-state index in [2.05, 4.69) is 0 Å². The number of rotatable bonds is 8. The lowest BCUT2D eigenvalue weighted by molar-refractivity contribution is -0.131. The number of ether oxygens (including phenoxy) is 2. The summed E-state index contributed by atoms with van der Waals surface area (Å²) in [4.78, 5) is 27.8. The molecular formula is C17H25ClN2O4. The highest BCUT2D eigenvalue weighted by atomic mass is 35.5. The van der Waals surface area contributed by atoms with Gasteiger partial charge >= 0.3 is 0 Å². The molecule has 0 aliphatic carbocycles. The van der Waals surface area contributed by atoms with Crippen LogP contribution in [0, 0.1) is 0 Å². The fourth-order valence-corrected chi connectivity index (χ4v) is 2.56. The van der Waals surface area contributed by atoms with Crippen molar-refractivity contribution in [3.63, 3.8) is 0 Å². The lowest BCUT2D eigenvalue weighted by atomic mass is 10.1. The summed E-state index contributed by atoms with van der Waals surface area (Å²) in [6.07, 6.45) is 0. The Balaban J connectivity index is 2.98. The van der Waals surface area contributed by atoms with Gasteiger partial charge in [-0.2, -0.15) is 0 Å². The van der Waals surface area contributed by atoms with Crippen LogP contribution >= 0.6 is 11.6 Å². The van der Waals surface area contributed by atoms with Gasteiger partial charge in [0.25, 0.3) is 5.91 Å². The molecule has 0 atom stereocenters. The van der Waals surface area contributed by atoms with Crippen LogP contribution in [-0.2, 0) is 4.79 Å². The zero-order valence-corrected chi connectivity index (χ0v) is 15.6. The fraction of sp³-hybridized carbons (Fsp3) is 0.529. The normalized spacial score (nSPS) is 10.2. The molecule has 2 amide bonds. The van der Waals surface area contributed by atoms with Crippen LogP contribution < -0.4 is 9.47 Å². The average Bonchev–Trinajstić information content (AvgIpc) is 2.56. The third kappa shape index (κ3) is 4.77. The molecule has 0 saturated heterocycles. The van der Waals surface area contributed by atoms with Crippen molar-refractivity contribution in [2.24, 2.45) is 0 Å². The predicted molar refractivity (Wildman–Crippen MR) is 94.1 cm³/mol. The average molecular weight is 357 g/mol. The van der Waals surface area contributed by atoms with E-state index in [9.17, 15) is 9.59 Å². The van der Waals surface area contributed by atoms with Crippen LogP contribution in [0.5, 0.6) is 11.5 Å². The van der Waals surface area contributed by atoms with Gasteiger partial charge in [0.05, 0.1) is 25.3 Å². The van der Waals surface area contributed by atoms with Crippen molar-refractivity contribution in [3.8, 4) is 11.5 Å². The molecule has 0 aromatic heterocycles. The summed E-state index contributed by atoms with van der Waals surface area (Å²) in [5, 5.41) is 0.294. The molecule has 0 fully saturated rings. The molecule has 134 valence electrons. The SMILES string of the molecule is CCOc1c(Cl)cc(C(=O)N(C)CC(=O)N(CC)CC)cc1OC. The van der Waals surface area contributed by atoms with E-state index in [1.807, 2.05) is 20.8 Å². The summed E-state index contributed by atoms with van der Waals surface area (Å²) in [6.45, 7) is 7.30. The Hall–Kier alpha value is -1.95. The Bertz CT molecular complexity index is 588. The second-order valence-electron chi connectivity index (χ2n) is 5.15. The molecule has 0 radical (unpaired) electrons. The molecule has 0 spiro atoms. The number of carbonyl (C=O) groups excluding carboxylic acids is 2. The van der Waals surface area contributed by atoms with E-state index in [1.165, 1.54) is 18.1 Å². The summed E-state index contributed by atoms with van der Waals surface area (Å²) in [5.74, 6) is 0.384. The minimum absolute atomic E-state index is 0.00760. The predicted octanol–water partition coefficient (Wildman–Crippen LogP) is 2.69. The van der Waals surface area contributed by atoms with Crippen LogP contribution in [-0.4, -0.2) is 62.0 Å². The molecule has 0 unspecified atom stereocenters. The molecular weight excluding hydrogens is 332 g/mol. The molecule has 24 heavy (non-hydrogen) atoms. The maximum Gasteiger partial charge on any atom is 0.254 e. The summed E-state index contributed by atoms with van der Waals surface area (Å²) >= 11 is 6.19. The maximum absolute atomic E-state index is 12.6. The van der Waals surface area contributed by atoms with Crippen molar-refractivity contribution in [3.05, 3.63) is 22.7 Å². The van der Waals surface area contributed by atoms with Crippen molar-refractivity contribution in [1.29, 1.82) is 0 Å². The number of nitrogens with zero attached hydrogens (tertiary/aromatic N) is 2.